The summed E-state index contributed by atoms with van der Waals surface area (Å²) in [5, 5.41) is 8.09. The van der Waals surface area contributed by atoms with Crippen molar-refractivity contribution >= 4 is 34.8 Å². The van der Waals surface area contributed by atoms with Gasteiger partial charge in [0.2, 0.25) is 0 Å². The van der Waals surface area contributed by atoms with Crippen molar-refractivity contribution in [3.63, 3.8) is 0 Å². The number of aryl methyl sites for hydroxylation is 3. The van der Waals surface area contributed by atoms with Crippen LogP contribution >= 0.6 is 23.2 Å². The molecule has 0 aliphatic heterocycles. The lowest BCUT2D eigenvalue weighted by atomic mass is 10.2. The van der Waals surface area contributed by atoms with Gasteiger partial charge in [-0.3, -0.25) is 9.48 Å². The number of hydrogen-bond acceptors (Lipinski definition) is 2. The van der Waals surface area contributed by atoms with Gasteiger partial charge in [-0.1, -0.05) is 23.2 Å². The number of nitrogens with zero attached hydrogens (tertiary/aromatic N) is 2. The largest absolute Gasteiger partial charge is 0.320 e. The summed E-state index contributed by atoms with van der Waals surface area (Å²) >= 11 is 12.1. The third kappa shape index (κ3) is 2.81. The molecule has 4 nitrogen and oxygen atoms in total. The number of benzene rings is 1. The molecule has 0 unspecified atom stereocenters. The molecule has 106 valence electrons. The summed E-state index contributed by atoms with van der Waals surface area (Å²) in [4.78, 5) is 12.4. The van der Waals surface area contributed by atoms with Gasteiger partial charge in [-0.05, 0) is 44.5 Å². The van der Waals surface area contributed by atoms with Crippen molar-refractivity contribution in [2.45, 2.75) is 27.3 Å². The highest BCUT2D eigenvalue weighted by Gasteiger charge is 2.20. The Labute approximate surface area is 127 Å². The minimum absolute atomic E-state index is 0.275. The van der Waals surface area contributed by atoms with Crippen LogP contribution in [0.3, 0.4) is 0 Å². The van der Waals surface area contributed by atoms with E-state index in [0.29, 0.717) is 33.7 Å². The van der Waals surface area contributed by atoms with Crippen molar-refractivity contribution < 1.29 is 4.79 Å². The van der Waals surface area contributed by atoms with Crippen LogP contribution in [0.4, 0.5) is 5.69 Å². The van der Waals surface area contributed by atoms with Gasteiger partial charge in [-0.15, -0.1) is 0 Å². The van der Waals surface area contributed by atoms with Gasteiger partial charge in [-0.25, -0.2) is 0 Å². The lowest BCUT2D eigenvalue weighted by Gasteiger charge is -2.10. The maximum Gasteiger partial charge on any atom is 0.275 e. The Kier molecular flexibility index (Phi) is 4.35. The second-order valence-electron chi connectivity index (χ2n) is 4.48. The summed E-state index contributed by atoms with van der Waals surface area (Å²) in [6.45, 7) is 6.15. The number of halogens is 2. The Morgan fingerprint density at radius 3 is 2.65 bits per heavy atom. The molecule has 0 atom stereocenters. The number of aromatic nitrogens is 2. The SMILES string of the molecule is CCn1nc(C)c(Cl)c1C(=O)Nc1ccc(Cl)cc1C. The lowest BCUT2D eigenvalue weighted by molar-refractivity contribution is 0.101. The van der Waals surface area contributed by atoms with E-state index in [1.807, 2.05) is 13.8 Å². The van der Waals surface area contributed by atoms with Gasteiger partial charge in [0.15, 0.2) is 0 Å². The molecule has 1 N–H and O–H groups in total. The first-order valence-corrected chi connectivity index (χ1v) is 7.00. The molecule has 1 heterocycles. The summed E-state index contributed by atoms with van der Waals surface area (Å²) in [5.74, 6) is -0.275. The third-order valence-corrected chi connectivity index (χ3v) is 3.69. The van der Waals surface area contributed by atoms with Crippen LogP contribution < -0.4 is 5.32 Å². The summed E-state index contributed by atoms with van der Waals surface area (Å²) in [6.07, 6.45) is 0. The van der Waals surface area contributed by atoms with Crippen molar-refractivity contribution in [1.82, 2.24) is 9.78 Å². The van der Waals surface area contributed by atoms with E-state index in [1.165, 1.54) is 0 Å². The van der Waals surface area contributed by atoms with E-state index in [9.17, 15) is 4.79 Å². The number of anilines is 1. The Bertz CT molecular complexity index is 665. The number of rotatable bonds is 3. The first-order valence-electron chi connectivity index (χ1n) is 6.24. The standard InChI is InChI=1S/C14H15Cl2N3O/c1-4-19-13(12(16)9(3)18-19)14(20)17-11-6-5-10(15)7-8(11)2/h5-7H,4H2,1-3H3,(H,17,20). The van der Waals surface area contributed by atoms with Crippen LogP contribution in [0.15, 0.2) is 18.2 Å². The fourth-order valence-electron chi connectivity index (χ4n) is 1.95. The summed E-state index contributed by atoms with van der Waals surface area (Å²) in [7, 11) is 0. The molecule has 0 aliphatic carbocycles. The van der Waals surface area contributed by atoms with E-state index >= 15 is 0 Å². The molecule has 0 fully saturated rings. The van der Waals surface area contributed by atoms with Gasteiger partial charge < -0.3 is 5.32 Å². The topological polar surface area (TPSA) is 46.9 Å². The maximum atomic E-state index is 12.4. The first kappa shape index (κ1) is 14.9. The highest BCUT2D eigenvalue weighted by molar-refractivity contribution is 6.34. The molecule has 20 heavy (non-hydrogen) atoms. The zero-order chi connectivity index (χ0) is 14.9. The molecule has 0 bridgehead atoms. The molecule has 1 aromatic carbocycles. The molecule has 0 saturated carbocycles. The average molecular weight is 312 g/mol. The molecule has 2 rings (SSSR count). The molecular weight excluding hydrogens is 297 g/mol. The van der Waals surface area contributed by atoms with Crippen molar-refractivity contribution in [3.8, 4) is 0 Å². The Hall–Kier alpha value is -1.52. The van der Waals surface area contributed by atoms with Crippen molar-refractivity contribution in [3.05, 3.63) is 45.2 Å². The number of amides is 1. The smallest absolute Gasteiger partial charge is 0.275 e. The van der Waals surface area contributed by atoms with Crippen molar-refractivity contribution in [2.24, 2.45) is 0 Å². The van der Waals surface area contributed by atoms with E-state index in [2.05, 4.69) is 10.4 Å². The van der Waals surface area contributed by atoms with Crippen LogP contribution in [0, 0.1) is 13.8 Å². The van der Waals surface area contributed by atoms with E-state index in [4.69, 9.17) is 23.2 Å². The van der Waals surface area contributed by atoms with Crippen molar-refractivity contribution in [1.29, 1.82) is 0 Å². The minimum atomic E-state index is -0.275. The normalized spacial score (nSPS) is 10.7. The molecule has 0 spiro atoms. The van der Waals surface area contributed by atoms with E-state index in [1.54, 1.807) is 29.8 Å². The van der Waals surface area contributed by atoms with Crippen LogP contribution in [0.5, 0.6) is 0 Å². The zero-order valence-electron chi connectivity index (χ0n) is 11.5. The Balaban J connectivity index is 2.33. The quantitative estimate of drug-likeness (QED) is 0.928. The van der Waals surface area contributed by atoms with Crippen LogP contribution in [0.25, 0.3) is 0 Å². The summed E-state index contributed by atoms with van der Waals surface area (Å²) < 4.78 is 1.60. The van der Waals surface area contributed by atoms with Gasteiger partial charge in [0.25, 0.3) is 5.91 Å². The van der Waals surface area contributed by atoms with Crippen molar-refractivity contribution in [2.75, 3.05) is 5.32 Å². The molecular formula is C14H15Cl2N3O. The lowest BCUT2D eigenvalue weighted by Crippen LogP contribution is -2.18. The highest BCUT2D eigenvalue weighted by atomic mass is 35.5. The molecule has 6 heteroatoms. The van der Waals surface area contributed by atoms with Gasteiger partial charge in [0, 0.05) is 17.3 Å². The number of hydrogen-bond donors (Lipinski definition) is 1. The van der Waals surface area contributed by atoms with E-state index in [0.717, 1.165) is 5.56 Å². The second-order valence-corrected chi connectivity index (χ2v) is 5.29. The maximum absolute atomic E-state index is 12.4. The van der Waals surface area contributed by atoms with Gasteiger partial charge in [0.05, 0.1) is 10.7 Å². The average Bonchev–Trinajstić information content (AvgIpc) is 2.68. The van der Waals surface area contributed by atoms with Gasteiger partial charge in [0.1, 0.15) is 5.69 Å². The molecule has 1 amide bonds. The third-order valence-electron chi connectivity index (χ3n) is 3.01. The van der Waals surface area contributed by atoms with E-state index < -0.39 is 0 Å². The van der Waals surface area contributed by atoms with Crippen LogP contribution in [0.1, 0.15) is 28.7 Å². The van der Waals surface area contributed by atoms with Crippen LogP contribution in [0.2, 0.25) is 10.0 Å². The Morgan fingerprint density at radius 2 is 2.05 bits per heavy atom. The minimum Gasteiger partial charge on any atom is -0.320 e. The van der Waals surface area contributed by atoms with E-state index in [-0.39, 0.29) is 5.91 Å². The van der Waals surface area contributed by atoms with Gasteiger partial charge in [-0.2, -0.15) is 5.10 Å². The highest BCUT2D eigenvalue weighted by Crippen LogP contribution is 2.24. The van der Waals surface area contributed by atoms with Gasteiger partial charge >= 0.3 is 0 Å². The predicted molar refractivity (Wildman–Crippen MR) is 81.8 cm³/mol. The van der Waals surface area contributed by atoms with Crippen LogP contribution in [-0.4, -0.2) is 15.7 Å². The molecule has 0 radical (unpaired) electrons. The number of nitrogens with one attached hydrogen (secondary N) is 1. The molecule has 2 aromatic rings. The van der Waals surface area contributed by atoms with Crippen LogP contribution in [-0.2, 0) is 6.54 Å². The fraction of sp³-hybridized carbons (Fsp3) is 0.286. The summed E-state index contributed by atoms with van der Waals surface area (Å²) in [5.41, 5.74) is 2.62. The monoisotopic (exact) mass is 311 g/mol. The molecule has 0 saturated heterocycles. The Morgan fingerprint density at radius 1 is 1.35 bits per heavy atom. The number of carbonyl (C=O) groups excluding carboxylic acids is 1. The fourth-order valence-corrected chi connectivity index (χ4v) is 2.40. The molecule has 0 aliphatic rings. The predicted octanol–water partition coefficient (Wildman–Crippen LogP) is 4.08. The number of carbonyl (C=O) groups is 1. The zero-order valence-corrected chi connectivity index (χ0v) is 13.0. The first-order chi connectivity index (χ1) is 9.43. The molecule has 1 aromatic heterocycles. The summed E-state index contributed by atoms with van der Waals surface area (Å²) in [6, 6.07) is 5.29. The second kappa shape index (κ2) is 5.85.